The number of aromatic amines is 2. The van der Waals surface area contributed by atoms with Gasteiger partial charge < -0.3 is 4.98 Å². The summed E-state index contributed by atoms with van der Waals surface area (Å²) < 4.78 is 0.973. The van der Waals surface area contributed by atoms with E-state index in [-0.39, 0.29) is 18.1 Å². The lowest BCUT2D eigenvalue weighted by Crippen LogP contribution is -2.39. The molecule has 10 heteroatoms. The number of H-pyrrole nitrogens is 2. The van der Waals surface area contributed by atoms with Gasteiger partial charge in [0.25, 0.3) is 11.5 Å². The molecule has 0 saturated heterocycles. The maximum Gasteiger partial charge on any atom is 0.328 e. The molecule has 0 unspecified atom stereocenters. The van der Waals surface area contributed by atoms with Crippen LogP contribution in [0, 0.1) is 0 Å². The van der Waals surface area contributed by atoms with E-state index in [1.807, 2.05) is 11.4 Å². The second kappa shape index (κ2) is 5.77. The van der Waals surface area contributed by atoms with Crippen LogP contribution in [0.3, 0.4) is 0 Å². The number of hydrogen-bond acceptors (Lipinski definition) is 6. The van der Waals surface area contributed by atoms with E-state index in [2.05, 4.69) is 25.5 Å². The van der Waals surface area contributed by atoms with Gasteiger partial charge in [0.1, 0.15) is 11.9 Å². The van der Waals surface area contributed by atoms with Gasteiger partial charge in [-0.1, -0.05) is 6.07 Å². The summed E-state index contributed by atoms with van der Waals surface area (Å²) in [6.07, 6.45) is 2.30. The highest BCUT2D eigenvalue weighted by atomic mass is 32.1. The number of nitrogens with zero attached hydrogens (tertiary/aromatic N) is 3. The fourth-order valence-corrected chi connectivity index (χ4v) is 2.51. The van der Waals surface area contributed by atoms with Gasteiger partial charge in [0.15, 0.2) is 0 Å². The summed E-state index contributed by atoms with van der Waals surface area (Å²) in [7, 11) is 0. The quantitative estimate of drug-likeness (QED) is 0.625. The lowest BCUT2D eigenvalue weighted by molar-refractivity contribution is 0.102. The van der Waals surface area contributed by atoms with Crippen molar-refractivity contribution in [2.75, 3.05) is 5.32 Å². The van der Waals surface area contributed by atoms with E-state index in [9.17, 15) is 14.4 Å². The van der Waals surface area contributed by atoms with Crippen molar-refractivity contribution in [1.29, 1.82) is 0 Å². The van der Waals surface area contributed by atoms with Gasteiger partial charge in [0.2, 0.25) is 5.95 Å². The number of nitrogens with one attached hydrogen (secondary N) is 3. The molecule has 3 heterocycles. The molecule has 3 N–H and O–H groups in total. The average molecular weight is 318 g/mol. The van der Waals surface area contributed by atoms with E-state index < -0.39 is 17.2 Å². The molecule has 3 aromatic rings. The molecule has 0 aliphatic carbocycles. The Morgan fingerprint density at radius 2 is 2.27 bits per heavy atom. The van der Waals surface area contributed by atoms with Gasteiger partial charge in [0.05, 0.1) is 6.54 Å². The zero-order chi connectivity index (χ0) is 15.5. The minimum Gasteiger partial charge on any atom is -0.313 e. The minimum atomic E-state index is -0.682. The van der Waals surface area contributed by atoms with Crippen molar-refractivity contribution >= 4 is 23.2 Å². The number of carbonyl (C=O) groups excluding carboxylic acids is 1. The molecule has 0 aliphatic heterocycles. The van der Waals surface area contributed by atoms with Crippen LogP contribution in [-0.4, -0.2) is 30.6 Å². The van der Waals surface area contributed by atoms with Gasteiger partial charge in [-0.2, -0.15) is 10.1 Å². The number of anilines is 1. The second-order valence-electron chi connectivity index (χ2n) is 4.27. The molecule has 3 rings (SSSR count). The monoisotopic (exact) mass is 318 g/mol. The number of aromatic nitrogens is 5. The average Bonchev–Trinajstić information content (AvgIpc) is 3.16. The predicted octanol–water partition coefficient (Wildman–Crippen LogP) is 0.0168. The largest absolute Gasteiger partial charge is 0.328 e. The minimum absolute atomic E-state index is 0.106. The van der Waals surface area contributed by atoms with Crippen molar-refractivity contribution in [2.45, 2.75) is 6.54 Å². The smallest absolute Gasteiger partial charge is 0.313 e. The van der Waals surface area contributed by atoms with Crippen LogP contribution in [0.15, 0.2) is 39.6 Å². The van der Waals surface area contributed by atoms with Crippen molar-refractivity contribution in [3.8, 4) is 0 Å². The lowest BCUT2D eigenvalue weighted by Gasteiger charge is -2.05. The molecular formula is C12H10N6O3S. The Morgan fingerprint density at radius 3 is 2.95 bits per heavy atom. The van der Waals surface area contributed by atoms with Crippen molar-refractivity contribution in [3.05, 3.63) is 61.3 Å². The van der Waals surface area contributed by atoms with Crippen LogP contribution in [0.5, 0.6) is 0 Å². The van der Waals surface area contributed by atoms with Crippen LogP contribution in [0.4, 0.5) is 5.95 Å². The van der Waals surface area contributed by atoms with Gasteiger partial charge >= 0.3 is 5.69 Å². The Labute approximate surface area is 126 Å². The fraction of sp³-hybridized carbons (Fsp3) is 0.0833. The molecule has 9 nitrogen and oxygen atoms in total. The summed E-state index contributed by atoms with van der Waals surface area (Å²) in [4.78, 5) is 43.2. The molecular weight excluding hydrogens is 308 g/mol. The third-order valence-corrected chi connectivity index (χ3v) is 3.71. The van der Waals surface area contributed by atoms with Crippen LogP contribution < -0.4 is 16.6 Å². The van der Waals surface area contributed by atoms with Crippen LogP contribution in [0.1, 0.15) is 15.2 Å². The Kier molecular flexibility index (Phi) is 3.66. The van der Waals surface area contributed by atoms with Crippen molar-refractivity contribution < 1.29 is 4.79 Å². The lowest BCUT2D eigenvalue weighted by atomic mass is 10.3. The third kappa shape index (κ3) is 2.72. The van der Waals surface area contributed by atoms with E-state index >= 15 is 0 Å². The normalized spacial score (nSPS) is 10.5. The van der Waals surface area contributed by atoms with Crippen LogP contribution in [0.25, 0.3) is 0 Å². The number of thiophene rings is 1. The van der Waals surface area contributed by atoms with Gasteiger partial charge in [0, 0.05) is 11.1 Å². The highest BCUT2D eigenvalue weighted by Crippen LogP contribution is 2.08. The highest BCUT2D eigenvalue weighted by Gasteiger charge is 2.16. The van der Waals surface area contributed by atoms with E-state index in [0.717, 1.165) is 15.6 Å². The predicted molar refractivity (Wildman–Crippen MR) is 79.1 cm³/mol. The van der Waals surface area contributed by atoms with E-state index in [1.165, 1.54) is 17.7 Å². The summed E-state index contributed by atoms with van der Waals surface area (Å²) >= 11 is 1.42. The Bertz CT molecular complexity index is 894. The SMILES string of the molecule is O=C(Nc1ncn[nH]1)c1c[nH]c(=O)n(Cc2cccs2)c1=O. The molecule has 0 saturated carbocycles. The first-order valence-electron chi connectivity index (χ1n) is 6.17. The Morgan fingerprint density at radius 1 is 1.41 bits per heavy atom. The maximum atomic E-state index is 12.3. The molecule has 0 bridgehead atoms. The summed E-state index contributed by atoms with van der Waals surface area (Å²) in [5.41, 5.74) is -1.43. The van der Waals surface area contributed by atoms with Crippen molar-refractivity contribution in [1.82, 2.24) is 24.7 Å². The van der Waals surface area contributed by atoms with Gasteiger partial charge in [-0.15, -0.1) is 11.3 Å². The highest BCUT2D eigenvalue weighted by molar-refractivity contribution is 7.09. The molecule has 0 aromatic carbocycles. The number of rotatable bonds is 4. The van der Waals surface area contributed by atoms with Crippen molar-refractivity contribution in [2.24, 2.45) is 0 Å². The van der Waals surface area contributed by atoms with E-state index in [4.69, 9.17) is 0 Å². The summed E-state index contributed by atoms with van der Waals surface area (Å²) in [5.74, 6) is -0.571. The van der Waals surface area contributed by atoms with E-state index in [0.29, 0.717) is 0 Å². The first kappa shape index (κ1) is 13.9. The summed E-state index contributed by atoms with van der Waals surface area (Å²) in [5, 5.41) is 10.3. The molecule has 3 aromatic heterocycles. The second-order valence-corrected chi connectivity index (χ2v) is 5.30. The van der Waals surface area contributed by atoms with Gasteiger partial charge in [-0.25, -0.2) is 9.89 Å². The standard InChI is InChI=1S/C12H10N6O3S/c19-9(16-11-14-6-15-17-11)8-4-13-12(21)18(10(8)20)5-7-2-1-3-22-7/h1-4,6H,5H2,(H,13,21)(H2,14,15,16,17,19). The van der Waals surface area contributed by atoms with Crippen LogP contribution in [0.2, 0.25) is 0 Å². The van der Waals surface area contributed by atoms with Crippen LogP contribution in [-0.2, 0) is 6.54 Å². The fourth-order valence-electron chi connectivity index (χ4n) is 1.82. The summed E-state index contributed by atoms with van der Waals surface area (Å²) in [6, 6.07) is 3.62. The number of hydrogen-bond donors (Lipinski definition) is 3. The number of amides is 1. The Hall–Kier alpha value is -3.01. The maximum absolute atomic E-state index is 12.3. The third-order valence-electron chi connectivity index (χ3n) is 2.85. The zero-order valence-electron chi connectivity index (χ0n) is 11.1. The number of carbonyl (C=O) groups is 1. The molecule has 1 amide bonds. The van der Waals surface area contributed by atoms with Crippen molar-refractivity contribution in [3.63, 3.8) is 0 Å². The molecule has 0 spiro atoms. The first-order chi connectivity index (χ1) is 10.6. The Balaban J connectivity index is 1.94. The van der Waals surface area contributed by atoms with Gasteiger partial charge in [-0.05, 0) is 11.4 Å². The van der Waals surface area contributed by atoms with E-state index in [1.54, 1.807) is 6.07 Å². The molecule has 0 atom stereocenters. The molecule has 0 aliphatic rings. The molecule has 22 heavy (non-hydrogen) atoms. The first-order valence-corrected chi connectivity index (χ1v) is 7.05. The molecule has 0 fully saturated rings. The van der Waals surface area contributed by atoms with Crippen LogP contribution >= 0.6 is 11.3 Å². The van der Waals surface area contributed by atoms with Gasteiger partial charge in [-0.3, -0.25) is 19.5 Å². The molecule has 112 valence electrons. The topological polar surface area (TPSA) is 126 Å². The zero-order valence-corrected chi connectivity index (χ0v) is 11.9. The molecule has 0 radical (unpaired) electrons. The summed E-state index contributed by atoms with van der Waals surface area (Å²) in [6.45, 7) is 0.106.